The smallest absolute Gasteiger partial charge is 0.240 e. The molecule has 4 rings (SSSR count). The van der Waals surface area contributed by atoms with E-state index in [2.05, 4.69) is 40.9 Å². The molecule has 0 aromatic heterocycles. The Labute approximate surface area is 209 Å². The first-order chi connectivity index (χ1) is 16.8. The standard InChI is InChI=1S/C27H37N3O4S/c1-20-17-30(18-21(2)34-20)19-23-9-7-22(8-10-23)16-28-27(31)13-14-29-35(32,33)26-12-11-24-5-3-4-6-25(24)15-26/h7-12,15,20-21,29H,3-6,13-14,16-19H2,1-2H3,(H,28,31). The van der Waals surface area contributed by atoms with Gasteiger partial charge in [0.2, 0.25) is 15.9 Å². The summed E-state index contributed by atoms with van der Waals surface area (Å²) in [6, 6.07) is 13.6. The summed E-state index contributed by atoms with van der Waals surface area (Å²) < 4.78 is 33.6. The molecule has 190 valence electrons. The Kier molecular flexibility index (Phi) is 8.59. The van der Waals surface area contributed by atoms with E-state index in [0.29, 0.717) is 6.54 Å². The fourth-order valence-corrected chi connectivity index (χ4v) is 6.06. The molecule has 1 saturated heterocycles. The summed E-state index contributed by atoms with van der Waals surface area (Å²) in [5.74, 6) is -0.182. The molecule has 2 N–H and O–H groups in total. The number of hydrogen-bond donors (Lipinski definition) is 2. The van der Waals surface area contributed by atoms with Gasteiger partial charge < -0.3 is 10.1 Å². The molecule has 1 amide bonds. The van der Waals surface area contributed by atoms with Crippen molar-refractivity contribution in [3.8, 4) is 0 Å². The maximum atomic E-state index is 12.6. The van der Waals surface area contributed by atoms with Crippen LogP contribution in [0.2, 0.25) is 0 Å². The monoisotopic (exact) mass is 499 g/mol. The predicted molar refractivity (Wildman–Crippen MR) is 136 cm³/mol. The van der Waals surface area contributed by atoms with Gasteiger partial charge in [-0.05, 0) is 73.9 Å². The minimum Gasteiger partial charge on any atom is -0.373 e. The molecule has 2 atom stereocenters. The Morgan fingerprint density at radius 3 is 2.34 bits per heavy atom. The topological polar surface area (TPSA) is 87.7 Å². The Balaban J connectivity index is 1.19. The van der Waals surface area contributed by atoms with Crippen molar-refractivity contribution in [1.29, 1.82) is 0 Å². The molecule has 2 aliphatic rings. The van der Waals surface area contributed by atoms with Crippen molar-refractivity contribution in [2.24, 2.45) is 0 Å². The molecular weight excluding hydrogens is 462 g/mol. The van der Waals surface area contributed by atoms with Gasteiger partial charge in [-0.3, -0.25) is 9.69 Å². The number of amides is 1. The summed E-state index contributed by atoms with van der Waals surface area (Å²) in [4.78, 5) is 14.9. The normalized spacial score (nSPS) is 20.9. The number of carbonyl (C=O) groups is 1. The largest absolute Gasteiger partial charge is 0.373 e. The van der Waals surface area contributed by atoms with Crippen LogP contribution in [0.4, 0.5) is 0 Å². The van der Waals surface area contributed by atoms with E-state index >= 15 is 0 Å². The number of benzene rings is 2. The molecule has 1 heterocycles. The zero-order valence-electron chi connectivity index (χ0n) is 20.8. The lowest BCUT2D eigenvalue weighted by atomic mass is 9.92. The highest BCUT2D eigenvalue weighted by atomic mass is 32.2. The third-order valence-electron chi connectivity index (χ3n) is 6.69. The van der Waals surface area contributed by atoms with Crippen molar-refractivity contribution in [3.63, 3.8) is 0 Å². The molecule has 2 unspecified atom stereocenters. The van der Waals surface area contributed by atoms with Crippen LogP contribution < -0.4 is 10.0 Å². The van der Waals surface area contributed by atoms with Crippen molar-refractivity contribution < 1.29 is 17.9 Å². The number of fused-ring (bicyclic) bond motifs is 1. The lowest BCUT2D eigenvalue weighted by Crippen LogP contribution is -2.44. The van der Waals surface area contributed by atoms with E-state index in [0.717, 1.165) is 56.4 Å². The van der Waals surface area contributed by atoms with Gasteiger partial charge in [-0.1, -0.05) is 30.3 Å². The Morgan fingerprint density at radius 2 is 1.63 bits per heavy atom. The molecule has 7 nitrogen and oxygen atoms in total. The minimum absolute atomic E-state index is 0.0700. The van der Waals surface area contributed by atoms with E-state index < -0.39 is 10.0 Å². The number of rotatable bonds is 9. The minimum atomic E-state index is -3.62. The zero-order chi connectivity index (χ0) is 24.8. The second-order valence-corrected chi connectivity index (χ2v) is 11.6. The van der Waals surface area contributed by atoms with Gasteiger partial charge in [0.05, 0.1) is 17.1 Å². The van der Waals surface area contributed by atoms with Crippen molar-refractivity contribution in [1.82, 2.24) is 14.9 Å². The molecule has 2 aromatic rings. The SMILES string of the molecule is CC1CN(Cc2ccc(CNC(=O)CCNS(=O)(=O)c3ccc4c(c3)CCCC4)cc2)CC(C)O1. The quantitative estimate of drug-likeness (QED) is 0.553. The summed E-state index contributed by atoms with van der Waals surface area (Å²) in [5, 5.41) is 2.88. The second-order valence-electron chi connectivity index (χ2n) is 9.83. The molecule has 1 aliphatic heterocycles. The molecule has 0 radical (unpaired) electrons. The Morgan fingerprint density at radius 1 is 0.971 bits per heavy atom. The average molecular weight is 500 g/mol. The van der Waals surface area contributed by atoms with Gasteiger partial charge in [-0.15, -0.1) is 0 Å². The van der Waals surface area contributed by atoms with E-state index in [1.165, 1.54) is 11.1 Å². The molecule has 0 saturated carbocycles. The first-order valence-electron chi connectivity index (χ1n) is 12.6. The number of nitrogens with one attached hydrogen (secondary N) is 2. The number of hydrogen-bond acceptors (Lipinski definition) is 5. The van der Waals surface area contributed by atoms with Crippen LogP contribution in [0.3, 0.4) is 0 Å². The van der Waals surface area contributed by atoms with Crippen molar-refractivity contribution >= 4 is 15.9 Å². The average Bonchev–Trinajstić information content (AvgIpc) is 2.82. The van der Waals surface area contributed by atoms with Crippen molar-refractivity contribution in [2.75, 3.05) is 19.6 Å². The Bertz CT molecular complexity index is 1110. The molecule has 1 fully saturated rings. The first kappa shape index (κ1) is 25.8. The van der Waals surface area contributed by atoms with Crippen LogP contribution in [-0.4, -0.2) is 51.1 Å². The fraction of sp³-hybridized carbons (Fsp3) is 0.519. The van der Waals surface area contributed by atoms with Crippen molar-refractivity contribution in [3.05, 3.63) is 64.7 Å². The van der Waals surface area contributed by atoms with E-state index in [4.69, 9.17) is 4.74 Å². The molecule has 0 spiro atoms. The highest BCUT2D eigenvalue weighted by Gasteiger charge is 2.22. The maximum Gasteiger partial charge on any atom is 0.240 e. The van der Waals surface area contributed by atoms with E-state index in [-0.39, 0.29) is 36.0 Å². The van der Waals surface area contributed by atoms with Crippen LogP contribution in [0.25, 0.3) is 0 Å². The van der Waals surface area contributed by atoms with Crippen LogP contribution >= 0.6 is 0 Å². The highest BCUT2D eigenvalue weighted by Crippen LogP contribution is 2.24. The third kappa shape index (κ3) is 7.36. The van der Waals surface area contributed by atoms with Crippen LogP contribution in [-0.2, 0) is 45.5 Å². The molecule has 1 aliphatic carbocycles. The lowest BCUT2D eigenvalue weighted by molar-refractivity contribution is -0.121. The van der Waals surface area contributed by atoms with E-state index in [1.54, 1.807) is 12.1 Å². The molecular formula is C27H37N3O4S. The van der Waals surface area contributed by atoms with Gasteiger partial charge in [0.1, 0.15) is 0 Å². The second kappa shape index (κ2) is 11.6. The fourth-order valence-electron chi connectivity index (χ4n) is 4.98. The zero-order valence-corrected chi connectivity index (χ0v) is 21.6. The van der Waals surface area contributed by atoms with Gasteiger partial charge in [0.15, 0.2) is 0 Å². The molecule has 35 heavy (non-hydrogen) atoms. The summed E-state index contributed by atoms with van der Waals surface area (Å²) in [6.45, 7) is 7.44. The van der Waals surface area contributed by atoms with Crippen LogP contribution in [0, 0.1) is 0 Å². The molecule has 8 heteroatoms. The number of carbonyl (C=O) groups excluding carboxylic acids is 1. The number of aryl methyl sites for hydroxylation is 2. The van der Waals surface area contributed by atoms with Gasteiger partial charge in [-0.25, -0.2) is 13.1 Å². The van der Waals surface area contributed by atoms with Crippen LogP contribution in [0.15, 0.2) is 47.4 Å². The summed E-state index contributed by atoms with van der Waals surface area (Å²) >= 11 is 0. The van der Waals surface area contributed by atoms with Gasteiger partial charge >= 0.3 is 0 Å². The number of nitrogens with zero attached hydrogens (tertiary/aromatic N) is 1. The van der Waals surface area contributed by atoms with Gasteiger partial charge in [0, 0.05) is 39.1 Å². The first-order valence-corrected chi connectivity index (χ1v) is 14.1. The third-order valence-corrected chi connectivity index (χ3v) is 8.15. The van der Waals surface area contributed by atoms with Gasteiger partial charge in [0.25, 0.3) is 0 Å². The van der Waals surface area contributed by atoms with Gasteiger partial charge in [-0.2, -0.15) is 0 Å². The number of morpholine rings is 1. The highest BCUT2D eigenvalue weighted by molar-refractivity contribution is 7.89. The lowest BCUT2D eigenvalue weighted by Gasteiger charge is -2.35. The number of ether oxygens (including phenoxy) is 1. The molecule has 2 aromatic carbocycles. The predicted octanol–water partition coefficient (Wildman–Crippen LogP) is 3.16. The van der Waals surface area contributed by atoms with Crippen molar-refractivity contribution in [2.45, 2.75) is 76.1 Å². The van der Waals surface area contributed by atoms with E-state index in [9.17, 15) is 13.2 Å². The maximum absolute atomic E-state index is 12.6. The molecule has 0 bridgehead atoms. The summed E-state index contributed by atoms with van der Waals surface area (Å²) in [5.41, 5.74) is 4.61. The number of sulfonamides is 1. The van der Waals surface area contributed by atoms with Crippen LogP contribution in [0.1, 0.15) is 55.4 Å². The Hall–Kier alpha value is -2.26. The van der Waals surface area contributed by atoms with E-state index in [1.807, 2.05) is 18.2 Å². The summed E-state index contributed by atoms with van der Waals surface area (Å²) in [6.07, 6.45) is 4.77. The summed E-state index contributed by atoms with van der Waals surface area (Å²) in [7, 11) is -3.62. The van der Waals surface area contributed by atoms with Crippen LogP contribution in [0.5, 0.6) is 0 Å².